The maximum atomic E-state index is 11.6. The minimum Gasteiger partial charge on any atom is -0.326 e. The van der Waals surface area contributed by atoms with Gasteiger partial charge in [-0.05, 0) is 43.7 Å². The summed E-state index contributed by atoms with van der Waals surface area (Å²) in [6.07, 6.45) is 0.502. The molecule has 1 aromatic carbocycles. The molecule has 1 amide bonds. The molecule has 1 aromatic rings. The number of hydrogen-bond acceptors (Lipinski definition) is 2. The Morgan fingerprint density at radius 1 is 1.29 bits per heavy atom. The molecule has 0 saturated heterocycles. The van der Waals surface area contributed by atoms with Crippen LogP contribution in [0.15, 0.2) is 16.6 Å². The van der Waals surface area contributed by atoms with Crippen LogP contribution in [-0.2, 0) is 4.79 Å². The van der Waals surface area contributed by atoms with Gasteiger partial charge in [-0.3, -0.25) is 4.79 Å². The van der Waals surface area contributed by atoms with Gasteiger partial charge < -0.3 is 10.6 Å². The van der Waals surface area contributed by atoms with E-state index in [9.17, 15) is 4.79 Å². The first-order chi connectivity index (χ1) is 8.04. The van der Waals surface area contributed by atoms with Crippen molar-refractivity contribution in [1.29, 1.82) is 0 Å². The van der Waals surface area contributed by atoms with Crippen LogP contribution in [0.3, 0.4) is 0 Å². The average molecular weight is 299 g/mol. The topological polar surface area (TPSA) is 41.1 Å². The third kappa shape index (κ3) is 4.48. The summed E-state index contributed by atoms with van der Waals surface area (Å²) in [6.45, 7) is 7.68. The molecule has 0 saturated carbocycles. The van der Waals surface area contributed by atoms with Gasteiger partial charge in [0.25, 0.3) is 0 Å². The Kier molecular flexibility index (Phi) is 5.65. The van der Waals surface area contributed by atoms with E-state index in [-0.39, 0.29) is 5.91 Å². The summed E-state index contributed by atoms with van der Waals surface area (Å²) < 4.78 is 1.10. The molecule has 4 heteroatoms. The highest BCUT2D eigenvalue weighted by Crippen LogP contribution is 2.24. The van der Waals surface area contributed by atoms with E-state index in [1.54, 1.807) is 0 Å². The van der Waals surface area contributed by atoms with Crippen LogP contribution in [0.25, 0.3) is 0 Å². The first kappa shape index (κ1) is 14.2. The molecule has 3 nitrogen and oxygen atoms in total. The Bertz CT molecular complexity index is 381. The van der Waals surface area contributed by atoms with Gasteiger partial charge in [-0.2, -0.15) is 0 Å². The quantitative estimate of drug-likeness (QED) is 0.821. The fourth-order valence-corrected chi connectivity index (χ4v) is 1.85. The molecule has 2 N–H and O–H groups in total. The van der Waals surface area contributed by atoms with Crippen molar-refractivity contribution in [2.75, 3.05) is 18.4 Å². The van der Waals surface area contributed by atoms with Gasteiger partial charge >= 0.3 is 0 Å². The summed E-state index contributed by atoms with van der Waals surface area (Å²) >= 11 is 3.51. The standard InChI is InChI=1S/C13H19BrN2O/c1-4-15-6-5-12(17)16-11-7-9(2)13(14)10(3)8-11/h7-8,15H,4-6H2,1-3H3,(H,16,17). The molecule has 0 aliphatic carbocycles. The van der Waals surface area contributed by atoms with Gasteiger partial charge in [0.2, 0.25) is 5.91 Å². The molecule has 0 fully saturated rings. The lowest BCUT2D eigenvalue weighted by molar-refractivity contribution is -0.116. The van der Waals surface area contributed by atoms with Crippen LogP contribution < -0.4 is 10.6 Å². The number of rotatable bonds is 5. The zero-order valence-electron chi connectivity index (χ0n) is 10.6. The second kappa shape index (κ2) is 6.77. The molecule has 0 bridgehead atoms. The summed E-state index contributed by atoms with van der Waals surface area (Å²) in [6, 6.07) is 3.95. The molecule has 0 aromatic heterocycles. The third-order valence-corrected chi connectivity index (χ3v) is 3.75. The average Bonchev–Trinajstić information content (AvgIpc) is 2.26. The van der Waals surface area contributed by atoms with Gasteiger partial charge in [0.1, 0.15) is 0 Å². The van der Waals surface area contributed by atoms with E-state index in [1.807, 2.05) is 32.9 Å². The SMILES string of the molecule is CCNCCC(=O)Nc1cc(C)c(Br)c(C)c1. The smallest absolute Gasteiger partial charge is 0.225 e. The number of hydrogen-bond donors (Lipinski definition) is 2. The van der Waals surface area contributed by atoms with E-state index in [0.29, 0.717) is 6.42 Å². The largest absolute Gasteiger partial charge is 0.326 e. The fourth-order valence-electron chi connectivity index (χ4n) is 1.62. The van der Waals surface area contributed by atoms with Gasteiger partial charge in [-0.1, -0.05) is 22.9 Å². The summed E-state index contributed by atoms with van der Waals surface area (Å²) in [5, 5.41) is 6.04. The number of halogens is 1. The van der Waals surface area contributed by atoms with E-state index in [1.165, 1.54) is 0 Å². The lowest BCUT2D eigenvalue weighted by Gasteiger charge is -2.09. The first-order valence-electron chi connectivity index (χ1n) is 5.82. The third-order valence-electron chi connectivity index (χ3n) is 2.50. The number of carbonyl (C=O) groups excluding carboxylic acids is 1. The molecule has 0 spiro atoms. The van der Waals surface area contributed by atoms with E-state index in [2.05, 4.69) is 26.6 Å². The van der Waals surface area contributed by atoms with Gasteiger partial charge in [-0.25, -0.2) is 0 Å². The highest BCUT2D eigenvalue weighted by atomic mass is 79.9. The zero-order chi connectivity index (χ0) is 12.8. The van der Waals surface area contributed by atoms with E-state index < -0.39 is 0 Å². The van der Waals surface area contributed by atoms with Crippen molar-refractivity contribution >= 4 is 27.5 Å². The molecular formula is C13H19BrN2O. The van der Waals surface area contributed by atoms with Crippen LogP contribution in [0.4, 0.5) is 5.69 Å². The van der Waals surface area contributed by atoms with E-state index in [4.69, 9.17) is 0 Å². The van der Waals surface area contributed by atoms with E-state index >= 15 is 0 Å². The van der Waals surface area contributed by atoms with E-state index in [0.717, 1.165) is 34.4 Å². The van der Waals surface area contributed by atoms with Crippen LogP contribution in [-0.4, -0.2) is 19.0 Å². The van der Waals surface area contributed by atoms with Crippen molar-refractivity contribution in [3.8, 4) is 0 Å². The Hall–Kier alpha value is -0.870. The first-order valence-corrected chi connectivity index (χ1v) is 6.61. The Morgan fingerprint density at radius 3 is 2.41 bits per heavy atom. The highest BCUT2D eigenvalue weighted by Gasteiger charge is 2.05. The molecule has 94 valence electrons. The minimum atomic E-state index is 0.0482. The number of benzene rings is 1. The molecule has 0 atom stereocenters. The maximum absolute atomic E-state index is 11.6. The number of nitrogens with one attached hydrogen (secondary N) is 2. The predicted molar refractivity (Wildman–Crippen MR) is 75.4 cm³/mol. The van der Waals surface area contributed by atoms with Crippen molar-refractivity contribution in [2.24, 2.45) is 0 Å². The number of carbonyl (C=O) groups is 1. The van der Waals surface area contributed by atoms with Gasteiger partial charge in [-0.15, -0.1) is 0 Å². The Morgan fingerprint density at radius 2 is 1.88 bits per heavy atom. The molecule has 17 heavy (non-hydrogen) atoms. The van der Waals surface area contributed by atoms with Crippen LogP contribution in [0, 0.1) is 13.8 Å². The highest BCUT2D eigenvalue weighted by molar-refractivity contribution is 9.10. The second-order valence-corrected chi connectivity index (χ2v) is 4.87. The minimum absolute atomic E-state index is 0.0482. The van der Waals surface area contributed by atoms with Crippen molar-refractivity contribution in [1.82, 2.24) is 5.32 Å². The maximum Gasteiger partial charge on any atom is 0.225 e. The molecule has 0 aliphatic rings. The predicted octanol–water partition coefficient (Wildman–Crippen LogP) is 3.00. The van der Waals surface area contributed by atoms with Gasteiger partial charge in [0.15, 0.2) is 0 Å². The van der Waals surface area contributed by atoms with Crippen LogP contribution >= 0.6 is 15.9 Å². The summed E-state index contributed by atoms with van der Waals surface area (Å²) in [4.78, 5) is 11.6. The summed E-state index contributed by atoms with van der Waals surface area (Å²) in [7, 11) is 0. The molecular weight excluding hydrogens is 280 g/mol. The molecule has 0 aliphatic heterocycles. The van der Waals surface area contributed by atoms with Crippen molar-refractivity contribution < 1.29 is 4.79 Å². The molecule has 1 rings (SSSR count). The molecule has 0 heterocycles. The zero-order valence-corrected chi connectivity index (χ0v) is 12.1. The number of amides is 1. The van der Waals surface area contributed by atoms with Gasteiger partial charge in [0, 0.05) is 23.1 Å². The normalized spacial score (nSPS) is 10.4. The molecule has 0 unspecified atom stereocenters. The Balaban J connectivity index is 2.60. The van der Waals surface area contributed by atoms with Crippen LogP contribution in [0.5, 0.6) is 0 Å². The van der Waals surface area contributed by atoms with Gasteiger partial charge in [0.05, 0.1) is 0 Å². The lowest BCUT2D eigenvalue weighted by Crippen LogP contribution is -2.21. The number of aryl methyl sites for hydroxylation is 2. The molecule has 0 radical (unpaired) electrons. The lowest BCUT2D eigenvalue weighted by atomic mass is 10.1. The fraction of sp³-hybridized carbons (Fsp3) is 0.462. The monoisotopic (exact) mass is 298 g/mol. The summed E-state index contributed by atoms with van der Waals surface area (Å²) in [5.74, 6) is 0.0482. The van der Waals surface area contributed by atoms with Crippen molar-refractivity contribution in [3.63, 3.8) is 0 Å². The second-order valence-electron chi connectivity index (χ2n) is 4.08. The number of anilines is 1. The van der Waals surface area contributed by atoms with Crippen molar-refractivity contribution in [2.45, 2.75) is 27.2 Å². The van der Waals surface area contributed by atoms with Crippen LogP contribution in [0.1, 0.15) is 24.5 Å². The van der Waals surface area contributed by atoms with Crippen molar-refractivity contribution in [3.05, 3.63) is 27.7 Å². The summed E-state index contributed by atoms with van der Waals surface area (Å²) in [5.41, 5.74) is 3.13. The Labute approximate surface area is 111 Å². The van der Waals surface area contributed by atoms with Crippen LogP contribution in [0.2, 0.25) is 0 Å².